The van der Waals surface area contributed by atoms with Gasteiger partial charge in [-0.05, 0) is 24.6 Å². The van der Waals surface area contributed by atoms with Crippen LogP contribution in [0.15, 0.2) is 23.3 Å². The quantitative estimate of drug-likeness (QED) is 0.265. The predicted molar refractivity (Wildman–Crippen MR) is 124 cm³/mol. The first-order chi connectivity index (χ1) is 13.5. The average molecular weight is 542 g/mol. The fraction of sp³-hybridized carbons (Fsp3) is 0.500. The van der Waals surface area contributed by atoms with E-state index >= 15 is 0 Å². The van der Waals surface area contributed by atoms with Crippen molar-refractivity contribution in [1.82, 2.24) is 14.2 Å². The lowest BCUT2D eigenvalue weighted by Gasteiger charge is -2.13. The molecule has 1 aliphatic heterocycles. The summed E-state index contributed by atoms with van der Waals surface area (Å²) in [5, 5.41) is 12.7. The van der Waals surface area contributed by atoms with E-state index in [0.29, 0.717) is 61.2 Å². The molecule has 0 unspecified atom stereocenters. The van der Waals surface area contributed by atoms with Gasteiger partial charge < -0.3 is 10.6 Å². The zero-order chi connectivity index (χ0) is 20.9. The summed E-state index contributed by atoms with van der Waals surface area (Å²) in [4.78, 5) is 23.4. The van der Waals surface area contributed by atoms with Gasteiger partial charge in [0.2, 0.25) is 11.8 Å². The summed E-state index contributed by atoms with van der Waals surface area (Å²) >= 11 is 13.9. The Labute approximate surface area is 190 Å². The summed E-state index contributed by atoms with van der Waals surface area (Å²) in [5.41, 5.74) is 0.826. The third-order valence-corrected chi connectivity index (χ3v) is 4.91. The molecule has 1 heterocycles. The lowest BCUT2D eigenvalue weighted by molar-refractivity contribution is -0.122. The average Bonchev–Trinajstić information content (AvgIpc) is 3.15. The predicted octanol–water partition coefficient (Wildman–Crippen LogP) is 3.89. The fourth-order valence-corrected chi connectivity index (χ4v) is 2.89. The molecule has 0 saturated heterocycles. The highest BCUT2D eigenvalue weighted by Gasteiger charge is 2.18. The summed E-state index contributed by atoms with van der Waals surface area (Å²) in [6.07, 6.45) is 1.98. The van der Waals surface area contributed by atoms with E-state index in [2.05, 4.69) is 19.3 Å². The first kappa shape index (κ1) is 24.9. The highest BCUT2D eigenvalue weighted by atomic mass is 127. The summed E-state index contributed by atoms with van der Waals surface area (Å²) < 4.78 is 2.88. The number of halogens is 3. The molecule has 0 fully saturated rings. The van der Waals surface area contributed by atoms with Gasteiger partial charge >= 0.3 is 0 Å². The van der Waals surface area contributed by atoms with Gasteiger partial charge in [-0.3, -0.25) is 18.1 Å². The van der Waals surface area contributed by atoms with E-state index in [1.54, 1.807) is 17.1 Å². The molecule has 0 spiro atoms. The Morgan fingerprint density at radius 1 is 1.14 bits per heavy atom. The molecule has 2 rings (SSSR count). The monoisotopic (exact) mass is 541 g/mol. The molecule has 1 aliphatic rings. The number of nitrogens with zero attached hydrogens (tertiary/aromatic N) is 2. The second kappa shape index (κ2) is 14.0. The second-order valence-electron chi connectivity index (χ2n) is 5.65. The lowest BCUT2D eigenvalue weighted by Crippen LogP contribution is -2.31. The lowest BCUT2D eigenvalue weighted by atomic mass is 10.2. The summed E-state index contributed by atoms with van der Waals surface area (Å²) in [6, 6.07) is 5.29. The van der Waals surface area contributed by atoms with Crippen molar-refractivity contribution >= 4 is 69.4 Å². The van der Waals surface area contributed by atoms with E-state index in [0.717, 1.165) is 5.69 Å². The van der Waals surface area contributed by atoms with Crippen LogP contribution in [0.25, 0.3) is 0 Å². The van der Waals surface area contributed by atoms with Crippen LogP contribution in [-0.2, 0) is 9.59 Å². The van der Waals surface area contributed by atoms with E-state index in [1.807, 2.05) is 42.8 Å². The molecule has 10 heteroatoms. The maximum absolute atomic E-state index is 12.0. The number of rotatable bonds is 8. The number of hydrazone groups is 1. The Balaban J connectivity index is 0.00000190. The first-order valence-electron chi connectivity index (χ1n) is 9.19. The van der Waals surface area contributed by atoms with Crippen molar-refractivity contribution in [3.05, 3.63) is 28.2 Å². The number of hydrogen-bond donors (Lipinski definition) is 3. The van der Waals surface area contributed by atoms with Crippen molar-refractivity contribution in [3.8, 4) is 0 Å². The topological polar surface area (TPSA) is 85.8 Å². The molecule has 28 heavy (non-hydrogen) atoms. The van der Waals surface area contributed by atoms with E-state index in [9.17, 15) is 9.59 Å². The van der Waals surface area contributed by atoms with Gasteiger partial charge in [-0.1, -0.05) is 37.0 Å². The molecule has 3 N–H and O–H groups in total. The number of amidine groups is 1. The minimum Gasteiger partial charge on any atom is -0.356 e. The fourth-order valence-electron chi connectivity index (χ4n) is 2.33. The number of hydrogen-bond acceptors (Lipinski definition) is 5. The molecule has 0 saturated carbocycles. The van der Waals surface area contributed by atoms with Crippen molar-refractivity contribution in [2.24, 2.45) is 5.10 Å². The van der Waals surface area contributed by atoms with E-state index in [1.165, 1.54) is 0 Å². The van der Waals surface area contributed by atoms with Crippen LogP contribution in [0.3, 0.4) is 0 Å². The molecule has 0 bridgehead atoms. The van der Waals surface area contributed by atoms with Crippen molar-refractivity contribution in [2.45, 2.75) is 39.5 Å². The van der Waals surface area contributed by atoms with Crippen LogP contribution in [0.4, 0.5) is 5.69 Å². The van der Waals surface area contributed by atoms with Crippen molar-refractivity contribution in [1.29, 1.82) is 0 Å². The maximum atomic E-state index is 12.0. The van der Waals surface area contributed by atoms with Gasteiger partial charge in [-0.15, -0.1) is 0 Å². The normalized spacial score (nSPS) is 12.8. The van der Waals surface area contributed by atoms with Crippen LogP contribution in [0.1, 0.15) is 39.5 Å². The summed E-state index contributed by atoms with van der Waals surface area (Å²) in [5.74, 6) is 0.494. The molecule has 0 aromatic heterocycles. The SMILES string of the molecule is CC.O=C(CCNI)NCCCC(=O)NC1=NN(c2ccc(Cl)c(Cl)c2)CC1. The van der Waals surface area contributed by atoms with Gasteiger partial charge in [0.1, 0.15) is 5.84 Å². The molecule has 156 valence electrons. The van der Waals surface area contributed by atoms with Crippen molar-refractivity contribution in [3.63, 3.8) is 0 Å². The molecule has 1 aromatic rings. The van der Waals surface area contributed by atoms with Crippen LogP contribution in [0.5, 0.6) is 0 Å². The van der Waals surface area contributed by atoms with E-state index in [4.69, 9.17) is 23.2 Å². The van der Waals surface area contributed by atoms with Gasteiger partial charge in [-0.2, -0.15) is 5.10 Å². The van der Waals surface area contributed by atoms with Crippen LogP contribution in [0.2, 0.25) is 10.0 Å². The van der Waals surface area contributed by atoms with Gasteiger partial charge in [0.15, 0.2) is 0 Å². The van der Waals surface area contributed by atoms with Crippen LogP contribution in [0, 0.1) is 0 Å². The van der Waals surface area contributed by atoms with Gasteiger partial charge in [0.05, 0.1) is 15.7 Å². The smallest absolute Gasteiger partial charge is 0.225 e. The molecule has 1 aromatic carbocycles. The van der Waals surface area contributed by atoms with Crippen molar-refractivity contribution in [2.75, 3.05) is 24.6 Å². The molecule has 2 amide bonds. The van der Waals surface area contributed by atoms with E-state index < -0.39 is 0 Å². The van der Waals surface area contributed by atoms with Crippen LogP contribution >= 0.6 is 46.1 Å². The number of carbonyl (C=O) groups is 2. The van der Waals surface area contributed by atoms with E-state index in [-0.39, 0.29) is 11.8 Å². The standard InChI is InChI=1S/C16H20Cl2IN5O2.C2H6/c17-12-4-3-11(10-13(12)18)24-9-6-14(23-24)22-16(26)2-1-7-20-15(25)5-8-21-19;1-2/h3-4,10,21H,1-2,5-9H2,(H,20,25)(H,22,23,26);1-2H3. The Bertz CT molecular complexity index is 688. The third-order valence-electron chi connectivity index (χ3n) is 3.64. The molecule has 0 radical (unpaired) electrons. The summed E-state index contributed by atoms with van der Waals surface area (Å²) in [7, 11) is 0. The number of anilines is 1. The largest absolute Gasteiger partial charge is 0.356 e. The van der Waals surface area contributed by atoms with Gasteiger partial charge in [-0.25, -0.2) is 0 Å². The summed E-state index contributed by atoms with van der Waals surface area (Å²) in [6.45, 7) is 5.77. The Kier molecular flexibility index (Phi) is 12.4. The number of nitrogens with one attached hydrogen (secondary N) is 3. The van der Waals surface area contributed by atoms with Crippen molar-refractivity contribution < 1.29 is 9.59 Å². The Morgan fingerprint density at radius 2 is 1.89 bits per heavy atom. The highest BCUT2D eigenvalue weighted by molar-refractivity contribution is 14.1. The molecule has 0 atom stereocenters. The number of amides is 2. The van der Waals surface area contributed by atoms with Crippen LogP contribution in [-0.4, -0.2) is 37.3 Å². The Morgan fingerprint density at radius 3 is 2.57 bits per heavy atom. The highest BCUT2D eigenvalue weighted by Crippen LogP contribution is 2.28. The zero-order valence-corrected chi connectivity index (χ0v) is 19.7. The Hall–Kier alpha value is -1.10. The number of benzene rings is 1. The second-order valence-corrected chi connectivity index (χ2v) is 7.23. The maximum Gasteiger partial charge on any atom is 0.225 e. The first-order valence-corrected chi connectivity index (χ1v) is 11.0. The minimum absolute atomic E-state index is 0.0213. The number of carbonyl (C=O) groups excluding carboxylic acids is 2. The molecule has 0 aliphatic carbocycles. The zero-order valence-electron chi connectivity index (χ0n) is 16.0. The molecular formula is C18H26Cl2IN5O2. The minimum atomic E-state index is -0.108. The van der Waals surface area contributed by atoms with Gasteiger partial charge in [0.25, 0.3) is 0 Å². The third kappa shape index (κ3) is 8.93. The molecule has 7 nitrogen and oxygen atoms in total. The molecular weight excluding hydrogens is 516 g/mol. The van der Waals surface area contributed by atoms with Gasteiger partial charge in [0, 0.05) is 61.8 Å². The van der Waals surface area contributed by atoms with Crippen LogP contribution < -0.4 is 19.2 Å².